The molecule has 0 aliphatic rings. The van der Waals surface area contributed by atoms with Crippen LogP contribution in [0.4, 0.5) is 4.79 Å². The van der Waals surface area contributed by atoms with Gasteiger partial charge in [0, 0.05) is 0 Å². The average Bonchev–Trinajstić information content (AvgIpc) is 1.85. The molecule has 1 atom stereocenters. The first-order chi connectivity index (χ1) is 4.91. The molecule has 0 saturated carbocycles. The molecule has 0 fully saturated rings. The van der Waals surface area contributed by atoms with Crippen LogP contribution in [0, 0.1) is 5.92 Å². The standard InChI is InChI=1S/C5H8O2.CH2O3/c1-3-4(2)5(6)7;2-1(3)4/h3-4H,1H2,2H3,(H,6,7);(H2,2,3,4). The summed E-state index contributed by atoms with van der Waals surface area (Å²) in [6.07, 6.45) is -0.442. The van der Waals surface area contributed by atoms with Crippen LogP contribution in [-0.2, 0) is 4.79 Å². The lowest BCUT2D eigenvalue weighted by Gasteiger charge is -1.92. The lowest BCUT2D eigenvalue weighted by Crippen LogP contribution is -2.04. The zero-order chi connectivity index (χ0) is 9.44. The van der Waals surface area contributed by atoms with Gasteiger partial charge in [0.15, 0.2) is 0 Å². The number of carboxylic acids is 1. The molecule has 64 valence electrons. The van der Waals surface area contributed by atoms with Gasteiger partial charge in [-0.05, 0) is 6.92 Å². The van der Waals surface area contributed by atoms with E-state index in [1.165, 1.54) is 6.08 Å². The molecule has 3 N–H and O–H groups in total. The number of hydrogen-bond donors (Lipinski definition) is 3. The molecular weight excluding hydrogens is 152 g/mol. The summed E-state index contributed by atoms with van der Waals surface area (Å²) < 4.78 is 0. The van der Waals surface area contributed by atoms with Crippen LogP contribution in [-0.4, -0.2) is 27.4 Å². The molecule has 5 nitrogen and oxygen atoms in total. The van der Waals surface area contributed by atoms with E-state index < -0.39 is 18.0 Å². The monoisotopic (exact) mass is 162 g/mol. The van der Waals surface area contributed by atoms with Crippen molar-refractivity contribution in [2.24, 2.45) is 5.92 Å². The van der Waals surface area contributed by atoms with Crippen molar-refractivity contribution >= 4 is 12.1 Å². The fraction of sp³-hybridized carbons (Fsp3) is 0.333. The Kier molecular flexibility index (Phi) is 7.31. The Morgan fingerprint density at radius 2 is 1.64 bits per heavy atom. The summed E-state index contributed by atoms with van der Waals surface area (Å²) in [5.41, 5.74) is 0. The van der Waals surface area contributed by atoms with E-state index in [2.05, 4.69) is 6.58 Å². The summed E-state index contributed by atoms with van der Waals surface area (Å²) in [5, 5.41) is 22.1. The van der Waals surface area contributed by atoms with Gasteiger partial charge in [-0.2, -0.15) is 0 Å². The molecule has 0 heterocycles. The Bertz CT molecular complexity index is 147. The summed E-state index contributed by atoms with van der Waals surface area (Å²) in [5.74, 6) is -1.24. The van der Waals surface area contributed by atoms with Crippen molar-refractivity contribution in [1.29, 1.82) is 0 Å². The van der Waals surface area contributed by atoms with E-state index in [1.54, 1.807) is 6.92 Å². The third-order valence-corrected chi connectivity index (χ3v) is 0.743. The zero-order valence-corrected chi connectivity index (χ0v) is 6.02. The molecule has 0 radical (unpaired) electrons. The quantitative estimate of drug-likeness (QED) is 0.529. The molecule has 0 aromatic heterocycles. The fourth-order valence-corrected chi connectivity index (χ4v) is 0.101. The van der Waals surface area contributed by atoms with Crippen molar-refractivity contribution in [2.45, 2.75) is 6.92 Å². The maximum atomic E-state index is 9.86. The second-order valence-corrected chi connectivity index (χ2v) is 1.65. The maximum Gasteiger partial charge on any atom is 0.503 e. The van der Waals surface area contributed by atoms with E-state index in [0.717, 1.165) is 0 Å². The molecule has 0 aromatic carbocycles. The van der Waals surface area contributed by atoms with E-state index in [1.807, 2.05) is 0 Å². The van der Waals surface area contributed by atoms with Gasteiger partial charge in [0.25, 0.3) is 0 Å². The topological polar surface area (TPSA) is 94.8 Å². The van der Waals surface area contributed by atoms with Gasteiger partial charge in [0.2, 0.25) is 0 Å². The van der Waals surface area contributed by atoms with Crippen molar-refractivity contribution in [3.05, 3.63) is 12.7 Å². The van der Waals surface area contributed by atoms with Crippen LogP contribution in [0.1, 0.15) is 6.92 Å². The van der Waals surface area contributed by atoms with Crippen LogP contribution >= 0.6 is 0 Å². The zero-order valence-electron chi connectivity index (χ0n) is 6.02. The van der Waals surface area contributed by atoms with Gasteiger partial charge >= 0.3 is 12.1 Å². The molecule has 11 heavy (non-hydrogen) atoms. The minimum atomic E-state index is -1.83. The Morgan fingerprint density at radius 1 is 1.36 bits per heavy atom. The first kappa shape index (κ1) is 12.2. The van der Waals surface area contributed by atoms with E-state index in [-0.39, 0.29) is 0 Å². The van der Waals surface area contributed by atoms with Gasteiger partial charge in [-0.3, -0.25) is 4.79 Å². The second kappa shape index (κ2) is 6.60. The first-order valence-corrected chi connectivity index (χ1v) is 2.69. The number of aliphatic carboxylic acids is 1. The SMILES string of the molecule is C=CC(C)C(=O)O.O=C(O)O. The minimum Gasteiger partial charge on any atom is -0.481 e. The molecular formula is C6H10O5. The molecule has 0 bridgehead atoms. The molecule has 5 heteroatoms. The molecule has 0 aromatic rings. The van der Waals surface area contributed by atoms with Crippen LogP contribution in [0.2, 0.25) is 0 Å². The first-order valence-electron chi connectivity index (χ1n) is 2.69. The predicted molar refractivity (Wildman–Crippen MR) is 37.7 cm³/mol. The van der Waals surface area contributed by atoms with Crippen LogP contribution < -0.4 is 0 Å². The second-order valence-electron chi connectivity index (χ2n) is 1.65. The predicted octanol–water partition coefficient (Wildman–Crippen LogP) is 1.12. The summed E-state index contributed by atoms with van der Waals surface area (Å²) in [6.45, 7) is 4.88. The minimum absolute atomic E-state index is 0.417. The van der Waals surface area contributed by atoms with E-state index in [0.29, 0.717) is 0 Å². The Morgan fingerprint density at radius 3 is 1.64 bits per heavy atom. The van der Waals surface area contributed by atoms with Gasteiger partial charge in [-0.25, -0.2) is 4.79 Å². The van der Waals surface area contributed by atoms with Gasteiger partial charge in [0.05, 0.1) is 5.92 Å². The third-order valence-electron chi connectivity index (χ3n) is 0.743. The van der Waals surface area contributed by atoms with Crippen molar-refractivity contribution in [1.82, 2.24) is 0 Å². The van der Waals surface area contributed by atoms with Crippen LogP contribution in [0.25, 0.3) is 0 Å². The Balaban J connectivity index is 0. The largest absolute Gasteiger partial charge is 0.503 e. The number of hydrogen-bond acceptors (Lipinski definition) is 2. The molecule has 0 spiro atoms. The summed E-state index contributed by atoms with van der Waals surface area (Å²) in [4.78, 5) is 18.4. The Hall–Kier alpha value is -1.52. The van der Waals surface area contributed by atoms with Gasteiger partial charge in [0.1, 0.15) is 0 Å². The lowest BCUT2D eigenvalue weighted by molar-refractivity contribution is -0.139. The van der Waals surface area contributed by atoms with Crippen molar-refractivity contribution in [2.75, 3.05) is 0 Å². The number of rotatable bonds is 2. The van der Waals surface area contributed by atoms with Crippen molar-refractivity contribution in [3.8, 4) is 0 Å². The molecule has 0 saturated heterocycles. The van der Waals surface area contributed by atoms with Crippen LogP contribution in [0.15, 0.2) is 12.7 Å². The molecule has 0 amide bonds. The number of carboxylic acid groups (broad SMARTS) is 3. The molecule has 0 aliphatic heterocycles. The van der Waals surface area contributed by atoms with Crippen molar-refractivity contribution < 1.29 is 24.9 Å². The molecule has 0 rings (SSSR count). The number of carbonyl (C=O) groups is 2. The average molecular weight is 162 g/mol. The maximum absolute atomic E-state index is 9.86. The third kappa shape index (κ3) is 17.7. The van der Waals surface area contributed by atoms with Gasteiger partial charge in [-0.15, -0.1) is 6.58 Å². The van der Waals surface area contributed by atoms with Crippen molar-refractivity contribution in [3.63, 3.8) is 0 Å². The smallest absolute Gasteiger partial charge is 0.481 e. The van der Waals surface area contributed by atoms with E-state index in [4.69, 9.17) is 20.1 Å². The molecule has 1 unspecified atom stereocenters. The fourth-order valence-electron chi connectivity index (χ4n) is 0.101. The highest BCUT2D eigenvalue weighted by Gasteiger charge is 2.02. The molecule has 0 aliphatic carbocycles. The normalized spacial score (nSPS) is 10.3. The Labute approximate surface area is 63.6 Å². The van der Waals surface area contributed by atoms with E-state index >= 15 is 0 Å². The summed E-state index contributed by atoms with van der Waals surface area (Å²) >= 11 is 0. The summed E-state index contributed by atoms with van der Waals surface area (Å²) in [7, 11) is 0. The van der Waals surface area contributed by atoms with E-state index in [9.17, 15) is 4.79 Å². The lowest BCUT2D eigenvalue weighted by atomic mass is 10.2. The highest BCUT2D eigenvalue weighted by molar-refractivity contribution is 5.71. The van der Waals surface area contributed by atoms with Crippen LogP contribution in [0.5, 0.6) is 0 Å². The summed E-state index contributed by atoms with van der Waals surface area (Å²) in [6, 6.07) is 0. The van der Waals surface area contributed by atoms with Crippen LogP contribution in [0.3, 0.4) is 0 Å². The highest BCUT2D eigenvalue weighted by Crippen LogP contribution is 1.92. The van der Waals surface area contributed by atoms with Gasteiger partial charge < -0.3 is 15.3 Å². The van der Waals surface area contributed by atoms with Gasteiger partial charge in [-0.1, -0.05) is 6.08 Å². The highest BCUT2D eigenvalue weighted by atomic mass is 16.6.